The van der Waals surface area contributed by atoms with Crippen molar-refractivity contribution in [1.82, 2.24) is 4.90 Å². The van der Waals surface area contributed by atoms with Gasteiger partial charge in [-0.1, -0.05) is 48.3 Å². The van der Waals surface area contributed by atoms with Gasteiger partial charge in [-0.15, -0.1) is 0 Å². The Balaban J connectivity index is 1.80. The largest absolute Gasteiger partial charge is 0.494 e. The Kier molecular flexibility index (Phi) is 8.84. The molecule has 32 heavy (non-hydrogen) atoms. The summed E-state index contributed by atoms with van der Waals surface area (Å²) < 4.78 is 5.43. The van der Waals surface area contributed by atoms with E-state index in [1.165, 1.54) is 11.8 Å². The second-order valence-corrected chi connectivity index (χ2v) is 9.22. The number of hydrogen-bond acceptors (Lipinski definition) is 5. The SMILES string of the molecule is CCCCN1C(=O)C[C@H](C(=O)Nc2ccc(OCC)cc2)SC1=Nc1cc(Cl)cc(Cl)c1. The van der Waals surface area contributed by atoms with E-state index in [4.69, 9.17) is 27.9 Å². The fourth-order valence-electron chi connectivity index (χ4n) is 3.12. The Morgan fingerprint density at radius 3 is 2.50 bits per heavy atom. The smallest absolute Gasteiger partial charge is 0.238 e. The molecule has 170 valence electrons. The highest BCUT2D eigenvalue weighted by molar-refractivity contribution is 8.15. The van der Waals surface area contributed by atoms with Gasteiger partial charge in [0.2, 0.25) is 11.8 Å². The Bertz CT molecular complexity index is 978. The number of nitrogens with one attached hydrogen (secondary N) is 1. The Morgan fingerprint density at radius 1 is 1.19 bits per heavy atom. The molecule has 1 aliphatic rings. The molecule has 1 fully saturated rings. The van der Waals surface area contributed by atoms with Crippen molar-refractivity contribution in [3.8, 4) is 5.75 Å². The number of thioether (sulfide) groups is 1. The van der Waals surface area contributed by atoms with Gasteiger partial charge in [0.15, 0.2) is 5.17 Å². The van der Waals surface area contributed by atoms with Crippen molar-refractivity contribution in [2.24, 2.45) is 4.99 Å². The molecule has 0 saturated carbocycles. The summed E-state index contributed by atoms with van der Waals surface area (Å²) in [4.78, 5) is 32.1. The molecule has 2 amide bonds. The van der Waals surface area contributed by atoms with Crippen LogP contribution in [0, 0.1) is 0 Å². The maximum Gasteiger partial charge on any atom is 0.238 e. The fourth-order valence-corrected chi connectivity index (χ4v) is 4.76. The van der Waals surface area contributed by atoms with Crippen molar-refractivity contribution in [2.75, 3.05) is 18.5 Å². The number of nitrogens with zero attached hydrogens (tertiary/aromatic N) is 2. The third-order valence-corrected chi connectivity index (χ3v) is 6.30. The number of rotatable bonds is 8. The number of amides is 2. The standard InChI is InChI=1S/C23H25Cl2N3O3S/c1-3-5-10-28-21(29)14-20(22(30)26-17-6-8-19(9-7-17)31-4-2)32-23(28)27-18-12-15(24)11-16(25)13-18/h6-9,11-13,20H,3-5,10,14H2,1-2H3,(H,26,30)/t20-/m1/s1. The number of benzene rings is 2. The maximum atomic E-state index is 12.9. The number of amidine groups is 1. The number of ether oxygens (including phenoxy) is 1. The lowest BCUT2D eigenvalue weighted by Gasteiger charge is -2.31. The van der Waals surface area contributed by atoms with Crippen LogP contribution in [0.4, 0.5) is 11.4 Å². The summed E-state index contributed by atoms with van der Waals surface area (Å²) >= 11 is 13.5. The molecule has 9 heteroatoms. The number of unbranched alkanes of at least 4 members (excludes halogenated alkanes) is 1. The van der Waals surface area contributed by atoms with E-state index < -0.39 is 5.25 Å². The van der Waals surface area contributed by atoms with Crippen molar-refractivity contribution in [2.45, 2.75) is 38.4 Å². The molecule has 6 nitrogen and oxygen atoms in total. The molecule has 2 aromatic carbocycles. The first-order valence-corrected chi connectivity index (χ1v) is 12.1. The third kappa shape index (κ3) is 6.64. The summed E-state index contributed by atoms with van der Waals surface area (Å²) in [6, 6.07) is 12.1. The average Bonchev–Trinajstić information content (AvgIpc) is 2.74. The van der Waals surface area contributed by atoms with Gasteiger partial charge in [-0.25, -0.2) is 4.99 Å². The van der Waals surface area contributed by atoms with Crippen LogP contribution in [0.15, 0.2) is 47.5 Å². The molecule has 1 N–H and O–H groups in total. The van der Waals surface area contributed by atoms with Gasteiger partial charge >= 0.3 is 0 Å². The molecule has 2 aromatic rings. The first-order valence-electron chi connectivity index (χ1n) is 10.4. The Morgan fingerprint density at radius 2 is 1.88 bits per heavy atom. The predicted molar refractivity (Wildman–Crippen MR) is 132 cm³/mol. The van der Waals surface area contributed by atoms with Crippen molar-refractivity contribution in [1.29, 1.82) is 0 Å². The van der Waals surface area contributed by atoms with Crippen molar-refractivity contribution in [3.05, 3.63) is 52.5 Å². The number of carbonyl (C=O) groups excluding carboxylic acids is 2. The monoisotopic (exact) mass is 493 g/mol. The lowest BCUT2D eigenvalue weighted by Crippen LogP contribution is -2.45. The van der Waals surface area contributed by atoms with Gasteiger partial charge in [-0.05, 0) is 55.8 Å². The van der Waals surface area contributed by atoms with Crippen LogP contribution in [-0.2, 0) is 9.59 Å². The lowest BCUT2D eigenvalue weighted by atomic mass is 10.2. The number of aliphatic imine (C=N–C) groups is 1. The molecule has 1 saturated heterocycles. The molecule has 1 atom stereocenters. The topological polar surface area (TPSA) is 71.0 Å². The second kappa shape index (κ2) is 11.6. The van der Waals surface area contributed by atoms with Crippen LogP contribution < -0.4 is 10.1 Å². The summed E-state index contributed by atoms with van der Waals surface area (Å²) in [6.07, 6.45) is 1.88. The minimum absolute atomic E-state index is 0.104. The van der Waals surface area contributed by atoms with Crippen LogP contribution in [-0.4, -0.2) is 40.3 Å². The summed E-state index contributed by atoms with van der Waals surface area (Å²) in [5, 5.41) is 3.66. The molecule has 3 rings (SSSR count). The molecular formula is C23H25Cl2N3O3S. The molecule has 1 aliphatic heterocycles. The zero-order valence-electron chi connectivity index (χ0n) is 17.9. The van der Waals surface area contributed by atoms with Crippen LogP contribution in [0.5, 0.6) is 5.75 Å². The molecule has 0 aliphatic carbocycles. The molecule has 0 radical (unpaired) electrons. The highest BCUT2D eigenvalue weighted by Crippen LogP contribution is 2.32. The average molecular weight is 494 g/mol. The van der Waals surface area contributed by atoms with Gasteiger partial charge in [-0.3, -0.25) is 14.5 Å². The van der Waals surface area contributed by atoms with Crippen LogP contribution in [0.25, 0.3) is 0 Å². The molecule has 0 aromatic heterocycles. The minimum Gasteiger partial charge on any atom is -0.494 e. The number of anilines is 1. The van der Waals surface area contributed by atoms with Crippen LogP contribution >= 0.6 is 35.0 Å². The van der Waals surface area contributed by atoms with Crippen molar-refractivity contribution in [3.63, 3.8) is 0 Å². The third-order valence-electron chi connectivity index (χ3n) is 4.67. The van der Waals surface area contributed by atoms with E-state index >= 15 is 0 Å². The molecular weight excluding hydrogens is 469 g/mol. The van der Waals surface area contributed by atoms with Gasteiger partial charge in [0.05, 0.1) is 12.3 Å². The Hall–Kier alpha value is -2.22. The van der Waals surface area contributed by atoms with Crippen LogP contribution in [0.1, 0.15) is 33.1 Å². The van der Waals surface area contributed by atoms with Gasteiger partial charge in [0.25, 0.3) is 0 Å². The second-order valence-electron chi connectivity index (χ2n) is 7.18. The van der Waals surface area contributed by atoms with E-state index in [-0.39, 0.29) is 18.2 Å². The summed E-state index contributed by atoms with van der Waals surface area (Å²) in [7, 11) is 0. The zero-order valence-corrected chi connectivity index (χ0v) is 20.3. The lowest BCUT2D eigenvalue weighted by molar-refractivity contribution is -0.129. The van der Waals surface area contributed by atoms with E-state index in [0.29, 0.717) is 39.7 Å². The molecule has 0 bridgehead atoms. The van der Waals surface area contributed by atoms with E-state index in [0.717, 1.165) is 18.6 Å². The first kappa shape index (κ1) is 24.4. The molecule has 0 spiro atoms. The van der Waals surface area contributed by atoms with Crippen molar-refractivity contribution < 1.29 is 14.3 Å². The van der Waals surface area contributed by atoms with Crippen LogP contribution in [0.3, 0.4) is 0 Å². The van der Waals surface area contributed by atoms with Crippen LogP contribution in [0.2, 0.25) is 10.0 Å². The first-order chi connectivity index (χ1) is 15.4. The summed E-state index contributed by atoms with van der Waals surface area (Å²) in [5.74, 6) is 0.351. The van der Waals surface area contributed by atoms with E-state index in [1.807, 2.05) is 6.92 Å². The summed E-state index contributed by atoms with van der Waals surface area (Å²) in [5.41, 5.74) is 1.17. The highest BCUT2D eigenvalue weighted by Gasteiger charge is 2.35. The van der Waals surface area contributed by atoms with E-state index in [1.54, 1.807) is 47.4 Å². The highest BCUT2D eigenvalue weighted by atomic mass is 35.5. The van der Waals surface area contributed by atoms with Crippen molar-refractivity contribution >= 4 is 63.3 Å². The normalized spacial score (nSPS) is 17.5. The van der Waals surface area contributed by atoms with Gasteiger partial charge in [-0.2, -0.15) is 0 Å². The van der Waals surface area contributed by atoms with E-state index in [2.05, 4.69) is 17.2 Å². The maximum absolute atomic E-state index is 12.9. The van der Waals surface area contributed by atoms with Gasteiger partial charge in [0, 0.05) is 28.7 Å². The number of carbonyl (C=O) groups is 2. The van der Waals surface area contributed by atoms with E-state index in [9.17, 15) is 9.59 Å². The number of halogens is 2. The summed E-state index contributed by atoms with van der Waals surface area (Å²) in [6.45, 7) is 5.08. The van der Waals surface area contributed by atoms with Gasteiger partial charge < -0.3 is 10.1 Å². The predicted octanol–water partition coefficient (Wildman–Crippen LogP) is 6.15. The number of hydrogen-bond donors (Lipinski definition) is 1. The molecule has 1 heterocycles. The minimum atomic E-state index is -0.597. The van der Waals surface area contributed by atoms with Gasteiger partial charge in [0.1, 0.15) is 11.0 Å². The quantitative estimate of drug-likeness (QED) is 0.478. The fraction of sp³-hybridized carbons (Fsp3) is 0.348. The zero-order chi connectivity index (χ0) is 23.1. The molecule has 0 unspecified atom stereocenters. The Labute approximate surface area is 202 Å².